The van der Waals surface area contributed by atoms with Crippen LogP contribution in [-0.2, 0) is 11.2 Å². The lowest BCUT2D eigenvalue weighted by molar-refractivity contribution is -0.137. The van der Waals surface area contributed by atoms with E-state index in [9.17, 15) is 9.18 Å². The lowest BCUT2D eigenvalue weighted by Crippen LogP contribution is -1.97. The Morgan fingerprint density at radius 1 is 1.53 bits per heavy atom. The van der Waals surface area contributed by atoms with Crippen LogP contribution in [0.3, 0.4) is 0 Å². The van der Waals surface area contributed by atoms with Crippen molar-refractivity contribution in [2.75, 3.05) is 7.11 Å². The predicted molar refractivity (Wildman–Crippen MR) is 62.2 cm³/mol. The second-order valence-electron chi connectivity index (χ2n) is 3.75. The van der Waals surface area contributed by atoms with Gasteiger partial charge in [-0.2, -0.15) is 4.98 Å². The molecule has 7 heteroatoms. The maximum atomic E-state index is 13.6. The number of hydrogen-bond donors (Lipinski definition) is 1. The van der Waals surface area contributed by atoms with Crippen molar-refractivity contribution in [1.82, 2.24) is 10.1 Å². The highest BCUT2D eigenvalue weighted by atomic mass is 19.1. The van der Waals surface area contributed by atoms with E-state index in [-0.39, 0.29) is 30.1 Å². The lowest BCUT2D eigenvalue weighted by Gasteiger charge is -2.01. The smallest absolute Gasteiger partial charge is 0.303 e. The van der Waals surface area contributed by atoms with Crippen LogP contribution in [0.25, 0.3) is 11.4 Å². The van der Waals surface area contributed by atoms with Crippen molar-refractivity contribution < 1.29 is 23.6 Å². The molecule has 0 aliphatic rings. The van der Waals surface area contributed by atoms with Crippen LogP contribution in [0.1, 0.15) is 12.3 Å². The minimum atomic E-state index is -0.965. The third-order valence-electron chi connectivity index (χ3n) is 2.44. The van der Waals surface area contributed by atoms with E-state index in [0.717, 1.165) is 0 Å². The van der Waals surface area contributed by atoms with Gasteiger partial charge in [-0.05, 0) is 18.2 Å². The summed E-state index contributed by atoms with van der Waals surface area (Å²) in [4.78, 5) is 14.4. The SMILES string of the molecule is COc1ccc(F)c(-c2noc(CCC(=O)O)n2)c1. The minimum absolute atomic E-state index is 0.0665. The van der Waals surface area contributed by atoms with E-state index in [1.807, 2.05) is 0 Å². The van der Waals surface area contributed by atoms with Gasteiger partial charge >= 0.3 is 5.97 Å². The molecule has 0 unspecified atom stereocenters. The lowest BCUT2D eigenvalue weighted by atomic mass is 10.2. The Balaban J connectivity index is 2.24. The molecule has 6 nitrogen and oxygen atoms in total. The number of aromatic nitrogens is 2. The number of carboxylic acids is 1. The Hall–Kier alpha value is -2.44. The van der Waals surface area contributed by atoms with Crippen LogP contribution in [0.2, 0.25) is 0 Å². The van der Waals surface area contributed by atoms with Gasteiger partial charge in [0.25, 0.3) is 0 Å². The average Bonchev–Trinajstić information content (AvgIpc) is 2.85. The molecule has 0 fully saturated rings. The number of aryl methyl sites for hydroxylation is 1. The topological polar surface area (TPSA) is 85.5 Å². The van der Waals surface area contributed by atoms with Crippen LogP contribution in [0.5, 0.6) is 5.75 Å². The molecule has 0 atom stereocenters. The van der Waals surface area contributed by atoms with Crippen molar-refractivity contribution >= 4 is 5.97 Å². The van der Waals surface area contributed by atoms with Crippen molar-refractivity contribution in [2.24, 2.45) is 0 Å². The minimum Gasteiger partial charge on any atom is -0.497 e. The summed E-state index contributed by atoms with van der Waals surface area (Å²) in [6.07, 6.45) is -0.0177. The number of aliphatic carboxylic acids is 1. The normalized spacial score (nSPS) is 10.4. The van der Waals surface area contributed by atoms with Crippen LogP contribution in [0.15, 0.2) is 22.7 Å². The molecule has 2 rings (SSSR count). The first-order chi connectivity index (χ1) is 9.10. The van der Waals surface area contributed by atoms with Crippen LogP contribution >= 0.6 is 0 Å². The molecular formula is C12H11FN2O4. The number of hydrogen-bond acceptors (Lipinski definition) is 5. The van der Waals surface area contributed by atoms with Gasteiger partial charge in [0.1, 0.15) is 11.6 Å². The quantitative estimate of drug-likeness (QED) is 0.889. The average molecular weight is 266 g/mol. The molecule has 100 valence electrons. The van der Waals surface area contributed by atoms with Crippen LogP contribution in [-0.4, -0.2) is 28.3 Å². The number of benzene rings is 1. The van der Waals surface area contributed by atoms with E-state index >= 15 is 0 Å². The van der Waals surface area contributed by atoms with Crippen LogP contribution in [0, 0.1) is 5.82 Å². The van der Waals surface area contributed by atoms with Gasteiger partial charge in [0.15, 0.2) is 0 Å². The van der Waals surface area contributed by atoms with E-state index in [4.69, 9.17) is 14.4 Å². The summed E-state index contributed by atoms with van der Waals surface area (Å²) < 4.78 is 23.5. The zero-order valence-electron chi connectivity index (χ0n) is 10.1. The summed E-state index contributed by atoms with van der Waals surface area (Å²) in [6.45, 7) is 0. The molecule has 0 spiro atoms. The number of nitrogens with zero attached hydrogens (tertiary/aromatic N) is 2. The van der Waals surface area contributed by atoms with Gasteiger partial charge in [0.05, 0.1) is 19.1 Å². The van der Waals surface area contributed by atoms with E-state index in [2.05, 4.69) is 10.1 Å². The largest absolute Gasteiger partial charge is 0.497 e. The highest BCUT2D eigenvalue weighted by molar-refractivity contribution is 5.66. The summed E-state index contributed by atoms with van der Waals surface area (Å²) in [5.41, 5.74) is 0.143. The molecule has 0 aliphatic carbocycles. The Labute approximate surface area is 107 Å². The number of ether oxygens (including phenoxy) is 1. The monoisotopic (exact) mass is 266 g/mol. The molecule has 0 bridgehead atoms. The highest BCUT2D eigenvalue weighted by Gasteiger charge is 2.14. The maximum absolute atomic E-state index is 13.6. The fourth-order valence-corrected chi connectivity index (χ4v) is 1.48. The van der Waals surface area contributed by atoms with Gasteiger partial charge in [-0.25, -0.2) is 4.39 Å². The summed E-state index contributed by atoms with van der Waals surface area (Å²) in [6, 6.07) is 4.16. The second-order valence-corrected chi connectivity index (χ2v) is 3.75. The number of rotatable bonds is 5. The van der Waals surface area contributed by atoms with E-state index in [1.54, 1.807) is 0 Å². The molecule has 1 N–H and O–H groups in total. The van der Waals surface area contributed by atoms with E-state index in [1.165, 1.54) is 25.3 Å². The predicted octanol–water partition coefficient (Wildman–Crippen LogP) is 1.90. The van der Waals surface area contributed by atoms with Crippen molar-refractivity contribution in [3.05, 3.63) is 29.9 Å². The molecule has 0 aliphatic heterocycles. The molecule has 0 radical (unpaired) electrons. The Morgan fingerprint density at radius 2 is 2.32 bits per heavy atom. The Morgan fingerprint density at radius 3 is 3.00 bits per heavy atom. The molecule has 1 aromatic carbocycles. The van der Waals surface area contributed by atoms with E-state index < -0.39 is 11.8 Å². The summed E-state index contributed by atoms with van der Waals surface area (Å²) in [5, 5.41) is 12.2. The fraction of sp³-hybridized carbons (Fsp3) is 0.250. The summed E-state index contributed by atoms with van der Waals surface area (Å²) >= 11 is 0. The van der Waals surface area contributed by atoms with Crippen LogP contribution < -0.4 is 4.74 Å². The van der Waals surface area contributed by atoms with Crippen molar-refractivity contribution in [3.8, 4) is 17.1 Å². The highest BCUT2D eigenvalue weighted by Crippen LogP contribution is 2.24. The molecular weight excluding hydrogens is 255 g/mol. The zero-order valence-corrected chi connectivity index (χ0v) is 10.1. The van der Waals surface area contributed by atoms with Crippen molar-refractivity contribution in [2.45, 2.75) is 12.8 Å². The Bertz CT molecular complexity index is 597. The molecule has 1 aromatic heterocycles. The number of halogens is 1. The standard InChI is InChI=1S/C12H11FN2O4/c1-18-7-2-3-9(13)8(6-7)12-14-10(19-15-12)4-5-11(16)17/h2-3,6H,4-5H2,1H3,(H,16,17). The second kappa shape index (κ2) is 5.47. The van der Waals surface area contributed by atoms with Crippen molar-refractivity contribution in [3.63, 3.8) is 0 Å². The van der Waals surface area contributed by atoms with E-state index in [0.29, 0.717) is 5.75 Å². The number of methoxy groups -OCH3 is 1. The molecule has 0 saturated heterocycles. The van der Waals surface area contributed by atoms with Gasteiger partial charge in [0.2, 0.25) is 11.7 Å². The van der Waals surface area contributed by atoms with Gasteiger partial charge < -0.3 is 14.4 Å². The molecule has 0 amide bonds. The molecule has 0 saturated carbocycles. The first-order valence-corrected chi connectivity index (χ1v) is 5.48. The van der Waals surface area contributed by atoms with Crippen molar-refractivity contribution in [1.29, 1.82) is 0 Å². The van der Waals surface area contributed by atoms with Gasteiger partial charge in [-0.3, -0.25) is 4.79 Å². The molecule has 2 aromatic rings. The zero-order chi connectivity index (χ0) is 13.8. The Kier molecular flexibility index (Phi) is 3.74. The summed E-state index contributed by atoms with van der Waals surface area (Å²) in [5.74, 6) is -0.789. The maximum Gasteiger partial charge on any atom is 0.303 e. The van der Waals surface area contributed by atoms with Gasteiger partial charge in [-0.15, -0.1) is 0 Å². The first kappa shape index (κ1) is 13.0. The number of carbonyl (C=O) groups is 1. The van der Waals surface area contributed by atoms with Crippen LogP contribution in [0.4, 0.5) is 4.39 Å². The fourth-order valence-electron chi connectivity index (χ4n) is 1.48. The van der Waals surface area contributed by atoms with Gasteiger partial charge in [0, 0.05) is 6.42 Å². The third kappa shape index (κ3) is 3.06. The third-order valence-corrected chi connectivity index (χ3v) is 2.44. The molecule has 19 heavy (non-hydrogen) atoms. The first-order valence-electron chi connectivity index (χ1n) is 5.48. The molecule has 1 heterocycles. The summed E-state index contributed by atoms with van der Waals surface area (Å²) in [7, 11) is 1.46. The van der Waals surface area contributed by atoms with Gasteiger partial charge in [-0.1, -0.05) is 5.16 Å². The number of carboxylic acid groups (broad SMARTS) is 1.